The van der Waals surface area contributed by atoms with Crippen molar-refractivity contribution in [2.24, 2.45) is 5.41 Å². The number of carboxylic acid groups (broad SMARTS) is 1. The van der Waals surface area contributed by atoms with Gasteiger partial charge in [0.1, 0.15) is 0 Å². The van der Waals surface area contributed by atoms with Gasteiger partial charge < -0.3 is 14.9 Å². The van der Waals surface area contributed by atoms with E-state index in [0.29, 0.717) is 31.5 Å². The molecule has 1 fully saturated rings. The number of hydrogen-bond donors (Lipinski definition) is 1. The van der Waals surface area contributed by atoms with Crippen LogP contribution in [0.3, 0.4) is 0 Å². The SMILES string of the molecule is CC(C)(C)C1CC(N(Cc2ccc(F)c(F)c2)c2ccccc2)CCN1C(=O)O. The van der Waals surface area contributed by atoms with E-state index in [9.17, 15) is 18.7 Å². The predicted molar refractivity (Wildman–Crippen MR) is 110 cm³/mol. The van der Waals surface area contributed by atoms with Crippen LogP contribution in [0.2, 0.25) is 0 Å². The van der Waals surface area contributed by atoms with Gasteiger partial charge >= 0.3 is 6.09 Å². The van der Waals surface area contributed by atoms with E-state index in [4.69, 9.17) is 0 Å². The number of likely N-dealkylation sites (tertiary alicyclic amines) is 1. The number of nitrogens with zero attached hydrogens (tertiary/aromatic N) is 2. The van der Waals surface area contributed by atoms with E-state index in [-0.39, 0.29) is 17.5 Å². The Morgan fingerprint density at radius 3 is 2.41 bits per heavy atom. The summed E-state index contributed by atoms with van der Waals surface area (Å²) in [5, 5.41) is 9.64. The minimum absolute atomic E-state index is 0.0883. The minimum atomic E-state index is -0.893. The van der Waals surface area contributed by atoms with Crippen LogP contribution in [-0.2, 0) is 6.54 Å². The van der Waals surface area contributed by atoms with Crippen molar-refractivity contribution in [3.8, 4) is 0 Å². The highest BCUT2D eigenvalue weighted by atomic mass is 19.2. The molecule has 3 rings (SSSR count). The lowest BCUT2D eigenvalue weighted by molar-refractivity contribution is 0.0520. The van der Waals surface area contributed by atoms with Gasteiger partial charge in [0.25, 0.3) is 0 Å². The Morgan fingerprint density at radius 1 is 1.14 bits per heavy atom. The summed E-state index contributed by atoms with van der Waals surface area (Å²) in [5.41, 5.74) is 1.46. The zero-order chi connectivity index (χ0) is 21.2. The molecule has 0 bridgehead atoms. The highest BCUT2D eigenvalue weighted by molar-refractivity contribution is 5.66. The standard InChI is InChI=1S/C23H28F2N2O2/c1-23(2,3)21-14-18(11-12-26(21)22(28)29)27(17-7-5-4-6-8-17)15-16-9-10-19(24)20(25)13-16/h4-10,13,18,21H,11-12,14-15H2,1-3H3,(H,28,29). The number of para-hydroxylation sites is 1. The van der Waals surface area contributed by atoms with Crippen molar-refractivity contribution in [3.05, 3.63) is 65.7 Å². The summed E-state index contributed by atoms with van der Waals surface area (Å²) in [6.07, 6.45) is 0.460. The maximum atomic E-state index is 13.8. The average molecular weight is 402 g/mol. The Bertz CT molecular complexity index is 852. The quantitative estimate of drug-likeness (QED) is 0.731. The van der Waals surface area contributed by atoms with Gasteiger partial charge in [-0.3, -0.25) is 0 Å². The summed E-state index contributed by atoms with van der Waals surface area (Å²) in [7, 11) is 0. The molecule has 2 atom stereocenters. The molecular weight excluding hydrogens is 374 g/mol. The van der Waals surface area contributed by atoms with Crippen LogP contribution in [0.15, 0.2) is 48.5 Å². The molecule has 6 heteroatoms. The van der Waals surface area contributed by atoms with Crippen LogP contribution < -0.4 is 4.90 Å². The molecule has 1 heterocycles. The predicted octanol–water partition coefficient (Wildman–Crippen LogP) is 5.53. The molecule has 4 nitrogen and oxygen atoms in total. The van der Waals surface area contributed by atoms with Gasteiger partial charge in [-0.1, -0.05) is 45.0 Å². The van der Waals surface area contributed by atoms with Gasteiger partial charge in [0.2, 0.25) is 0 Å². The van der Waals surface area contributed by atoms with Crippen LogP contribution in [0.1, 0.15) is 39.2 Å². The molecule has 1 amide bonds. The molecule has 2 aromatic rings. The number of amides is 1. The molecule has 1 N–H and O–H groups in total. The highest BCUT2D eigenvalue weighted by Gasteiger charge is 2.40. The summed E-state index contributed by atoms with van der Waals surface area (Å²) >= 11 is 0. The fraction of sp³-hybridized carbons (Fsp3) is 0.435. The second-order valence-electron chi connectivity index (χ2n) is 8.75. The summed E-state index contributed by atoms with van der Waals surface area (Å²) in [4.78, 5) is 15.5. The second-order valence-corrected chi connectivity index (χ2v) is 8.75. The molecule has 0 aromatic heterocycles. The van der Waals surface area contributed by atoms with Crippen molar-refractivity contribution in [3.63, 3.8) is 0 Å². The number of hydrogen-bond acceptors (Lipinski definition) is 2. The van der Waals surface area contributed by atoms with Gasteiger partial charge in [-0.2, -0.15) is 0 Å². The maximum Gasteiger partial charge on any atom is 0.407 e. The molecule has 1 saturated heterocycles. The zero-order valence-electron chi connectivity index (χ0n) is 17.1. The van der Waals surface area contributed by atoms with Crippen molar-refractivity contribution >= 4 is 11.8 Å². The van der Waals surface area contributed by atoms with Crippen LogP contribution in [-0.4, -0.2) is 34.7 Å². The summed E-state index contributed by atoms with van der Waals surface area (Å²) in [6.45, 7) is 7.04. The fourth-order valence-electron chi connectivity index (χ4n) is 4.17. The zero-order valence-corrected chi connectivity index (χ0v) is 17.1. The number of carbonyl (C=O) groups is 1. The van der Waals surface area contributed by atoms with Crippen molar-refractivity contribution < 1.29 is 18.7 Å². The molecule has 1 aliphatic heterocycles. The monoisotopic (exact) mass is 402 g/mol. The van der Waals surface area contributed by atoms with Crippen LogP contribution in [0.4, 0.5) is 19.3 Å². The molecule has 156 valence electrons. The Morgan fingerprint density at radius 2 is 1.83 bits per heavy atom. The lowest BCUT2D eigenvalue weighted by Gasteiger charge is -2.48. The summed E-state index contributed by atoms with van der Waals surface area (Å²) < 4.78 is 27.1. The van der Waals surface area contributed by atoms with E-state index >= 15 is 0 Å². The Labute approximate surface area is 170 Å². The molecule has 0 radical (unpaired) electrons. The first-order chi connectivity index (χ1) is 13.7. The molecule has 0 aliphatic carbocycles. The van der Waals surface area contributed by atoms with E-state index in [1.54, 1.807) is 6.07 Å². The molecule has 1 aliphatic rings. The number of anilines is 1. The smallest absolute Gasteiger partial charge is 0.407 e. The first kappa shape index (κ1) is 21.1. The minimum Gasteiger partial charge on any atom is -0.465 e. The van der Waals surface area contributed by atoms with Gasteiger partial charge in [-0.25, -0.2) is 13.6 Å². The van der Waals surface area contributed by atoms with Gasteiger partial charge in [0.05, 0.1) is 0 Å². The van der Waals surface area contributed by atoms with Gasteiger partial charge in [0.15, 0.2) is 11.6 Å². The van der Waals surface area contributed by atoms with E-state index in [1.807, 2.05) is 30.3 Å². The summed E-state index contributed by atoms with van der Waals surface area (Å²) in [5.74, 6) is -1.72. The maximum absolute atomic E-state index is 13.8. The third-order valence-electron chi connectivity index (χ3n) is 5.69. The first-order valence-electron chi connectivity index (χ1n) is 9.92. The van der Waals surface area contributed by atoms with Crippen LogP contribution in [0, 0.1) is 17.0 Å². The second kappa shape index (κ2) is 8.39. The molecule has 2 unspecified atom stereocenters. The number of rotatable bonds is 4. The Balaban J connectivity index is 1.92. The number of halogens is 2. The molecule has 29 heavy (non-hydrogen) atoms. The normalized spacial score (nSPS) is 19.8. The first-order valence-corrected chi connectivity index (χ1v) is 9.92. The van der Waals surface area contributed by atoms with Gasteiger partial charge in [0, 0.05) is 30.9 Å². The average Bonchev–Trinajstić information content (AvgIpc) is 2.68. The molecule has 0 spiro atoms. The summed E-state index contributed by atoms with van der Waals surface area (Å²) in [6, 6.07) is 13.8. The Hall–Kier alpha value is -2.63. The van der Waals surface area contributed by atoms with Gasteiger partial charge in [-0.05, 0) is 48.1 Å². The molecule has 0 saturated carbocycles. The van der Waals surface area contributed by atoms with Crippen molar-refractivity contribution in [2.75, 3.05) is 11.4 Å². The fourth-order valence-corrected chi connectivity index (χ4v) is 4.17. The largest absolute Gasteiger partial charge is 0.465 e. The number of benzene rings is 2. The van der Waals surface area contributed by atoms with E-state index in [1.165, 1.54) is 11.0 Å². The molecule has 2 aromatic carbocycles. The van der Waals surface area contributed by atoms with Crippen molar-refractivity contribution in [1.82, 2.24) is 4.90 Å². The van der Waals surface area contributed by atoms with E-state index < -0.39 is 17.7 Å². The number of piperidine rings is 1. The molecular formula is C23H28F2N2O2. The van der Waals surface area contributed by atoms with Crippen molar-refractivity contribution in [1.29, 1.82) is 0 Å². The van der Waals surface area contributed by atoms with Crippen LogP contribution in [0.5, 0.6) is 0 Å². The van der Waals surface area contributed by atoms with Crippen LogP contribution in [0.25, 0.3) is 0 Å². The Kier molecular flexibility index (Phi) is 6.10. The van der Waals surface area contributed by atoms with Crippen molar-refractivity contribution in [2.45, 2.75) is 52.2 Å². The van der Waals surface area contributed by atoms with E-state index in [0.717, 1.165) is 11.8 Å². The van der Waals surface area contributed by atoms with E-state index in [2.05, 4.69) is 25.7 Å². The van der Waals surface area contributed by atoms with Crippen LogP contribution >= 0.6 is 0 Å². The third kappa shape index (κ3) is 4.86. The van der Waals surface area contributed by atoms with Gasteiger partial charge in [-0.15, -0.1) is 0 Å². The topological polar surface area (TPSA) is 43.8 Å². The lowest BCUT2D eigenvalue weighted by Crippen LogP contribution is -2.56. The third-order valence-corrected chi connectivity index (χ3v) is 5.69. The highest BCUT2D eigenvalue weighted by Crippen LogP contribution is 2.36. The lowest BCUT2D eigenvalue weighted by atomic mass is 9.78.